The standard InChI is InChI=1S/C17H27N5O3S/c1-3-25-17(24)22-10-8-21(9-11-22)15(23)12-20-6-4-14(5-7-20)16-19-18-13(2)26-16/h14H,3-12H2,1-2H3. The van der Waals surface area contributed by atoms with Gasteiger partial charge in [0.15, 0.2) is 0 Å². The first-order valence-electron chi connectivity index (χ1n) is 9.28. The van der Waals surface area contributed by atoms with Gasteiger partial charge in [-0.2, -0.15) is 0 Å². The molecule has 3 heterocycles. The fourth-order valence-corrected chi connectivity index (χ4v) is 4.33. The third-order valence-corrected chi connectivity index (χ3v) is 6.00. The van der Waals surface area contributed by atoms with Gasteiger partial charge >= 0.3 is 6.09 Å². The van der Waals surface area contributed by atoms with Gasteiger partial charge in [0, 0.05) is 32.1 Å². The summed E-state index contributed by atoms with van der Waals surface area (Å²) in [5, 5.41) is 10.5. The van der Waals surface area contributed by atoms with E-state index in [0.29, 0.717) is 45.2 Å². The van der Waals surface area contributed by atoms with E-state index in [0.717, 1.165) is 35.9 Å². The Kier molecular flexibility index (Phi) is 6.42. The number of carbonyl (C=O) groups excluding carboxylic acids is 2. The number of carbonyl (C=O) groups is 2. The normalized spacial score (nSPS) is 19.6. The zero-order chi connectivity index (χ0) is 18.5. The van der Waals surface area contributed by atoms with E-state index >= 15 is 0 Å². The van der Waals surface area contributed by atoms with Crippen LogP contribution >= 0.6 is 11.3 Å². The number of aromatic nitrogens is 2. The largest absolute Gasteiger partial charge is 0.450 e. The molecule has 144 valence electrons. The van der Waals surface area contributed by atoms with Gasteiger partial charge in [0.05, 0.1) is 13.2 Å². The summed E-state index contributed by atoms with van der Waals surface area (Å²) in [5.41, 5.74) is 0. The van der Waals surface area contributed by atoms with Crippen LogP contribution in [0.1, 0.15) is 35.7 Å². The second-order valence-corrected chi connectivity index (χ2v) is 7.99. The molecule has 8 nitrogen and oxygen atoms in total. The Balaban J connectivity index is 1.40. The first kappa shape index (κ1) is 19.0. The van der Waals surface area contributed by atoms with Crippen LogP contribution in [0.4, 0.5) is 4.79 Å². The van der Waals surface area contributed by atoms with Crippen molar-refractivity contribution < 1.29 is 14.3 Å². The third-order valence-electron chi connectivity index (χ3n) is 5.00. The monoisotopic (exact) mass is 381 g/mol. The van der Waals surface area contributed by atoms with Gasteiger partial charge < -0.3 is 14.5 Å². The van der Waals surface area contributed by atoms with Crippen molar-refractivity contribution in [3.05, 3.63) is 10.0 Å². The average Bonchev–Trinajstić information content (AvgIpc) is 3.09. The second-order valence-electron chi connectivity index (χ2n) is 6.78. The zero-order valence-electron chi connectivity index (χ0n) is 15.5. The fraction of sp³-hybridized carbons (Fsp3) is 0.765. The summed E-state index contributed by atoms with van der Waals surface area (Å²) >= 11 is 1.68. The summed E-state index contributed by atoms with van der Waals surface area (Å²) in [4.78, 5) is 30.0. The Bertz CT molecular complexity index is 622. The van der Waals surface area contributed by atoms with Crippen LogP contribution in [0.15, 0.2) is 0 Å². The number of rotatable bonds is 4. The van der Waals surface area contributed by atoms with E-state index in [4.69, 9.17) is 4.74 Å². The number of piperazine rings is 1. The Morgan fingerprint density at radius 2 is 1.73 bits per heavy atom. The number of nitrogens with zero attached hydrogens (tertiary/aromatic N) is 5. The molecule has 3 rings (SSSR count). The molecule has 0 spiro atoms. The lowest BCUT2D eigenvalue weighted by Gasteiger charge is -2.36. The first-order valence-corrected chi connectivity index (χ1v) is 10.1. The highest BCUT2D eigenvalue weighted by Gasteiger charge is 2.28. The summed E-state index contributed by atoms with van der Waals surface area (Å²) in [6, 6.07) is 0. The summed E-state index contributed by atoms with van der Waals surface area (Å²) in [7, 11) is 0. The van der Waals surface area contributed by atoms with Crippen LogP contribution in [-0.2, 0) is 9.53 Å². The Labute approximate surface area is 158 Å². The summed E-state index contributed by atoms with van der Waals surface area (Å²) in [6.45, 7) is 8.70. The predicted octanol–water partition coefficient (Wildman–Crippen LogP) is 1.33. The Morgan fingerprint density at radius 1 is 1.08 bits per heavy atom. The Morgan fingerprint density at radius 3 is 2.31 bits per heavy atom. The molecule has 0 aromatic carbocycles. The highest BCUT2D eigenvalue weighted by molar-refractivity contribution is 7.11. The number of hydrogen-bond donors (Lipinski definition) is 0. The second kappa shape index (κ2) is 8.77. The van der Waals surface area contributed by atoms with Crippen molar-refractivity contribution in [3.63, 3.8) is 0 Å². The van der Waals surface area contributed by atoms with E-state index in [1.807, 2.05) is 11.8 Å². The molecule has 2 aliphatic rings. The molecule has 2 amide bonds. The minimum absolute atomic E-state index is 0.152. The lowest BCUT2D eigenvalue weighted by atomic mass is 9.97. The maximum absolute atomic E-state index is 12.6. The van der Waals surface area contributed by atoms with Crippen molar-refractivity contribution in [1.29, 1.82) is 0 Å². The maximum atomic E-state index is 12.6. The van der Waals surface area contributed by atoms with Crippen LogP contribution in [0.2, 0.25) is 0 Å². The smallest absolute Gasteiger partial charge is 0.409 e. The summed E-state index contributed by atoms with van der Waals surface area (Å²) < 4.78 is 5.01. The number of ether oxygens (including phenoxy) is 1. The lowest BCUT2D eigenvalue weighted by Crippen LogP contribution is -2.53. The topological polar surface area (TPSA) is 78.9 Å². The van der Waals surface area contributed by atoms with E-state index in [1.165, 1.54) is 0 Å². The van der Waals surface area contributed by atoms with Gasteiger partial charge in [-0.25, -0.2) is 4.79 Å². The van der Waals surface area contributed by atoms with Gasteiger partial charge in [0.1, 0.15) is 10.0 Å². The number of likely N-dealkylation sites (tertiary alicyclic amines) is 1. The van der Waals surface area contributed by atoms with E-state index < -0.39 is 0 Å². The molecule has 1 aromatic heterocycles. The highest BCUT2D eigenvalue weighted by atomic mass is 32.1. The molecule has 0 radical (unpaired) electrons. The number of piperidine rings is 1. The van der Waals surface area contributed by atoms with Crippen molar-refractivity contribution in [1.82, 2.24) is 24.9 Å². The van der Waals surface area contributed by atoms with Crippen molar-refractivity contribution in [2.24, 2.45) is 0 Å². The van der Waals surface area contributed by atoms with Crippen LogP contribution in [-0.4, -0.2) is 89.3 Å². The summed E-state index contributed by atoms with van der Waals surface area (Å²) in [6.07, 6.45) is 1.77. The van der Waals surface area contributed by atoms with E-state index in [-0.39, 0.29) is 12.0 Å². The molecule has 0 N–H and O–H groups in total. The molecule has 0 atom stereocenters. The number of hydrogen-bond acceptors (Lipinski definition) is 7. The summed E-state index contributed by atoms with van der Waals surface area (Å²) in [5.74, 6) is 0.624. The van der Waals surface area contributed by atoms with Crippen molar-refractivity contribution in [2.75, 3.05) is 52.4 Å². The van der Waals surface area contributed by atoms with Crippen molar-refractivity contribution in [2.45, 2.75) is 32.6 Å². The van der Waals surface area contributed by atoms with E-state index in [1.54, 1.807) is 23.2 Å². The molecule has 9 heteroatoms. The van der Waals surface area contributed by atoms with Gasteiger partial charge in [-0.15, -0.1) is 21.5 Å². The molecule has 0 unspecified atom stereocenters. The molecule has 0 bridgehead atoms. The van der Waals surface area contributed by atoms with Gasteiger partial charge in [0.2, 0.25) is 5.91 Å². The molecular weight excluding hydrogens is 354 g/mol. The Hall–Kier alpha value is -1.74. The molecular formula is C17H27N5O3S. The minimum atomic E-state index is -0.284. The van der Waals surface area contributed by atoms with E-state index in [9.17, 15) is 9.59 Å². The van der Waals surface area contributed by atoms with Gasteiger partial charge in [-0.3, -0.25) is 9.69 Å². The van der Waals surface area contributed by atoms with Crippen LogP contribution in [0.5, 0.6) is 0 Å². The first-order chi connectivity index (χ1) is 12.6. The molecule has 2 saturated heterocycles. The van der Waals surface area contributed by atoms with Gasteiger partial charge in [0.25, 0.3) is 0 Å². The molecule has 1 aromatic rings. The molecule has 2 fully saturated rings. The van der Waals surface area contributed by atoms with Crippen LogP contribution in [0.3, 0.4) is 0 Å². The zero-order valence-corrected chi connectivity index (χ0v) is 16.3. The van der Waals surface area contributed by atoms with Crippen molar-refractivity contribution in [3.8, 4) is 0 Å². The minimum Gasteiger partial charge on any atom is -0.450 e. The van der Waals surface area contributed by atoms with Crippen molar-refractivity contribution >= 4 is 23.3 Å². The molecule has 0 aliphatic carbocycles. The van der Waals surface area contributed by atoms with Crippen LogP contribution < -0.4 is 0 Å². The lowest BCUT2D eigenvalue weighted by molar-refractivity contribution is -0.134. The molecule has 26 heavy (non-hydrogen) atoms. The van der Waals surface area contributed by atoms with Gasteiger partial charge in [-0.05, 0) is 39.8 Å². The van der Waals surface area contributed by atoms with Crippen LogP contribution in [0.25, 0.3) is 0 Å². The quantitative estimate of drug-likeness (QED) is 0.783. The maximum Gasteiger partial charge on any atom is 0.409 e. The number of amides is 2. The van der Waals surface area contributed by atoms with E-state index in [2.05, 4.69) is 15.1 Å². The SMILES string of the molecule is CCOC(=O)N1CCN(C(=O)CN2CCC(c3nnc(C)s3)CC2)CC1. The predicted molar refractivity (Wildman–Crippen MR) is 98.2 cm³/mol. The molecule has 2 aliphatic heterocycles. The van der Waals surface area contributed by atoms with Gasteiger partial charge in [-0.1, -0.05) is 0 Å². The molecule has 0 saturated carbocycles. The highest BCUT2D eigenvalue weighted by Crippen LogP contribution is 2.29. The third kappa shape index (κ3) is 4.70. The number of aryl methyl sites for hydroxylation is 1. The average molecular weight is 382 g/mol. The fourth-order valence-electron chi connectivity index (χ4n) is 3.46. The van der Waals surface area contributed by atoms with Crippen LogP contribution in [0, 0.1) is 6.92 Å².